The average molecular weight is 301 g/mol. The topological polar surface area (TPSA) is 49.3 Å². The Morgan fingerprint density at radius 3 is 2.30 bits per heavy atom. The maximum Gasteiger partial charge on any atom is 0.416 e. The van der Waals surface area contributed by atoms with E-state index in [9.17, 15) is 23.1 Å². The van der Waals surface area contributed by atoms with Crippen LogP contribution in [0, 0.1) is 0 Å². The van der Waals surface area contributed by atoms with E-state index in [2.05, 4.69) is 5.32 Å². The van der Waals surface area contributed by atoms with Gasteiger partial charge in [0.1, 0.15) is 10.6 Å². The van der Waals surface area contributed by atoms with E-state index < -0.39 is 17.7 Å². The molecule has 2 rings (SSSR count). The molecule has 3 nitrogen and oxygen atoms in total. The SMILES string of the molecule is CNc1scc(-c2ccc(C(F)(F)F)cc2)c1C(=O)O. The van der Waals surface area contributed by atoms with Crippen LogP contribution in [-0.2, 0) is 6.18 Å². The smallest absolute Gasteiger partial charge is 0.416 e. The van der Waals surface area contributed by atoms with Gasteiger partial charge in [0, 0.05) is 18.0 Å². The highest BCUT2D eigenvalue weighted by Gasteiger charge is 2.30. The molecule has 0 spiro atoms. The van der Waals surface area contributed by atoms with Crippen molar-refractivity contribution in [3.8, 4) is 11.1 Å². The molecule has 1 heterocycles. The summed E-state index contributed by atoms with van der Waals surface area (Å²) in [6.07, 6.45) is -4.40. The van der Waals surface area contributed by atoms with Crippen LogP contribution >= 0.6 is 11.3 Å². The predicted octanol–water partition coefficient (Wildman–Crippen LogP) is 4.17. The van der Waals surface area contributed by atoms with Crippen LogP contribution in [0.1, 0.15) is 15.9 Å². The zero-order valence-electron chi connectivity index (χ0n) is 10.3. The number of rotatable bonds is 3. The van der Waals surface area contributed by atoms with Crippen molar-refractivity contribution < 1.29 is 23.1 Å². The molecular weight excluding hydrogens is 291 g/mol. The second-order valence-electron chi connectivity index (χ2n) is 3.98. The fourth-order valence-electron chi connectivity index (χ4n) is 1.81. The summed E-state index contributed by atoms with van der Waals surface area (Å²) in [5.41, 5.74) is 0.146. The van der Waals surface area contributed by atoms with E-state index in [1.54, 1.807) is 12.4 Å². The monoisotopic (exact) mass is 301 g/mol. The molecule has 0 bridgehead atoms. The molecule has 0 atom stereocenters. The van der Waals surface area contributed by atoms with Crippen LogP contribution in [-0.4, -0.2) is 18.1 Å². The van der Waals surface area contributed by atoms with E-state index in [0.717, 1.165) is 12.1 Å². The summed E-state index contributed by atoms with van der Waals surface area (Å²) in [5.74, 6) is -1.12. The molecule has 106 valence electrons. The van der Waals surface area contributed by atoms with Gasteiger partial charge in [0.05, 0.1) is 5.56 Å². The lowest BCUT2D eigenvalue weighted by Gasteiger charge is -2.08. The quantitative estimate of drug-likeness (QED) is 0.894. The van der Waals surface area contributed by atoms with Gasteiger partial charge in [-0.2, -0.15) is 13.2 Å². The summed E-state index contributed by atoms with van der Waals surface area (Å²) in [4.78, 5) is 11.2. The number of carboxylic acids is 1. The van der Waals surface area contributed by atoms with Gasteiger partial charge in [-0.15, -0.1) is 11.3 Å². The predicted molar refractivity (Wildman–Crippen MR) is 71.3 cm³/mol. The number of carbonyl (C=O) groups is 1. The van der Waals surface area contributed by atoms with E-state index in [1.807, 2.05) is 0 Å². The summed E-state index contributed by atoms with van der Waals surface area (Å²) < 4.78 is 37.5. The van der Waals surface area contributed by atoms with Crippen molar-refractivity contribution in [2.75, 3.05) is 12.4 Å². The Morgan fingerprint density at radius 2 is 1.85 bits per heavy atom. The molecule has 0 saturated carbocycles. The van der Waals surface area contributed by atoms with Crippen LogP contribution in [0.25, 0.3) is 11.1 Å². The highest BCUT2D eigenvalue weighted by atomic mass is 32.1. The Balaban J connectivity index is 2.47. The van der Waals surface area contributed by atoms with Gasteiger partial charge in [0.2, 0.25) is 0 Å². The normalized spacial score (nSPS) is 11.4. The molecule has 0 unspecified atom stereocenters. The standard InChI is InChI=1S/C13H10F3NO2S/c1-17-11-10(12(18)19)9(6-20-11)7-2-4-8(5-3-7)13(14,15)16/h2-6,17H,1H3,(H,18,19). The number of halogens is 3. The van der Waals surface area contributed by atoms with Gasteiger partial charge in [-0.05, 0) is 17.7 Å². The number of hydrogen-bond donors (Lipinski definition) is 2. The average Bonchev–Trinajstić information content (AvgIpc) is 2.81. The van der Waals surface area contributed by atoms with Crippen molar-refractivity contribution in [1.82, 2.24) is 0 Å². The van der Waals surface area contributed by atoms with Crippen molar-refractivity contribution in [3.05, 3.63) is 40.8 Å². The molecule has 20 heavy (non-hydrogen) atoms. The molecule has 0 fully saturated rings. The van der Waals surface area contributed by atoms with Gasteiger partial charge < -0.3 is 10.4 Å². The van der Waals surface area contributed by atoms with Gasteiger partial charge in [0.15, 0.2) is 0 Å². The summed E-state index contributed by atoms with van der Waals surface area (Å²) in [7, 11) is 1.59. The first-order valence-electron chi connectivity index (χ1n) is 5.54. The third-order valence-corrected chi connectivity index (χ3v) is 3.75. The van der Waals surface area contributed by atoms with E-state index >= 15 is 0 Å². The largest absolute Gasteiger partial charge is 0.478 e. The number of aromatic carboxylic acids is 1. The minimum absolute atomic E-state index is 0.0669. The van der Waals surface area contributed by atoms with Gasteiger partial charge in [0.25, 0.3) is 0 Å². The number of alkyl halides is 3. The number of anilines is 1. The first kappa shape index (κ1) is 14.4. The fourth-order valence-corrected chi connectivity index (χ4v) is 2.73. The van der Waals surface area contributed by atoms with E-state index in [1.165, 1.54) is 23.5 Å². The number of benzene rings is 1. The molecule has 0 saturated heterocycles. The fraction of sp³-hybridized carbons (Fsp3) is 0.154. The maximum atomic E-state index is 12.5. The second-order valence-corrected chi connectivity index (χ2v) is 4.86. The van der Waals surface area contributed by atoms with Crippen LogP contribution in [0.5, 0.6) is 0 Å². The minimum Gasteiger partial charge on any atom is -0.478 e. The molecule has 2 aromatic rings. The number of hydrogen-bond acceptors (Lipinski definition) is 3. The Hall–Kier alpha value is -2.02. The molecule has 0 aliphatic rings. The first-order valence-corrected chi connectivity index (χ1v) is 6.42. The van der Waals surface area contributed by atoms with Crippen molar-refractivity contribution in [2.45, 2.75) is 6.18 Å². The third kappa shape index (κ3) is 2.62. The zero-order chi connectivity index (χ0) is 14.9. The molecule has 0 amide bonds. The Labute approximate surface area is 116 Å². The molecular formula is C13H10F3NO2S. The van der Waals surface area contributed by atoms with Crippen molar-refractivity contribution >= 4 is 22.3 Å². The third-order valence-electron chi connectivity index (χ3n) is 2.76. The van der Waals surface area contributed by atoms with Crippen LogP contribution < -0.4 is 5.32 Å². The van der Waals surface area contributed by atoms with Crippen LogP contribution in [0.15, 0.2) is 29.6 Å². The van der Waals surface area contributed by atoms with Gasteiger partial charge in [-0.1, -0.05) is 12.1 Å². The van der Waals surface area contributed by atoms with Gasteiger partial charge in [-0.25, -0.2) is 4.79 Å². The van der Waals surface area contributed by atoms with Crippen LogP contribution in [0.3, 0.4) is 0 Å². The number of carboxylic acid groups (broad SMARTS) is 1. The molecule has 2 N–H and O–H groups in total. The molecule has 0 aliphatic heterocycles. The summed E-state index contributed by atoms with van der Waals surface area (Å²) in [6, 6.07) is 4.43. The molecule has 0 radical (unpaired) electrons. The van der Waals surface area contributed by atoms with Gasteiger partial charge in [-0.3, -0.25) is 0 Å². The molecule has 7 heteroatoms. The second kappa shape index (κ2) is 5.16. The van der Waals surface area contributed by atoms with E-state index in [0.29, 0.717) is 16.1 Å². The summed E-state index contributed by atoms with van der Waals surface area (Å²) in [6.45, 7) is 0. The van der Waals surface area contributed by atoms with Crippen molar-refractivity contribution in [2.24, 2.45) is 0 Å². The Kier molecular flexibility index (Phi) is 3.71. The lowest BCUT2D eigenvalue weighted by Crippen LogP contribution is -2.04. The first-order chi connectivity index (χ1) is 9.34. The molecule has 1 aromatic carbocycles. The zero-order valence-corrected chi connectivity index (χ0v) is 11.1. The van der Waals surface area contributed by atoms with Crippen molar-refractivity contribution in [3.63, 3.8) is 0 Å². The van der Waals surface area contributed by atoms with Crippen LogP contribution in [0.2, 0.25) is 0 Å². The maximum absolute atomic E-state index is 12.5. The molecule has 1 aromatic heterocycles. The Morgan fingerprint density at radius 1 is 1.25 bits per heavy atom. The van der Waals surface area contributed by atoms with Crippen molar-refractivity contribution in [1.29, 1.82) is 0 Å². The summed E-state index contributed by atoms with van der Waals surface area (Å²) >= 11 is 1.19. The lowest BCUT2D eigenvalue weighted by atomic mass is 10.0. The van der Waals surface area contributed by atoms with E-state index in [4.69, 9.17) is 0 Å². The summed E-state index contributed by atoms with van der Waals surface area (Å²) in [5, 5.41) is 14.0. The minimum atomic E-state index is -4.40. The molecule has 0 aliphatic carbocycles. The van der Waals surface area contributed by atoms with E-state index in [-0.39, 0.29) is 5.56 Å². The highest BCUT2D eigenvalue weighted by Crippen LogP contribution is 2.37. The highest BCUT2D eigenvalue weighted by molar-refractivity contribution is 7.15. The number of thiophene rings is 1. The Bertz CT molecular complexity index is 632. The number of nitrogens with one attached hydrogen (secondary N) is 1. The van der Waals surface area contributed by atoms with Crippen LogP contribution in [0.4, 0.5) is 18.2 Å². The lowest BCUT2D eigenvalue weighted by molar-refractivity contribution is -0.137. The van der Waals surface area contributed by atoms with Gasteiger partial charge >= 0.3 is 12.1 Å².